The summed E-state index contributed by atoms with van der Waals surface area (Å²) in [6.45, 7) is 9.39. The van der Waals surface area contributed by atoms with Gasteiger partial charge in [-0.3, -0.25) is 4.79 Å². The van der Waals surface area contributed by atoms with Gasteiger partial charge in [-0.25, -0.2) is 0 Å². The van der Waals surface area contributed by atoms with Crippen molar-refractivity contribution in [3.05, 3.63) is 29.8 Å². The van der Waals surface area contributed by atoms with Crippen LogP contribution in [0.2, 0.25) is 0 Å². The minimum absolute atomic E-state index is 0.342. The van der Waals surface area contributed by atoms with Crippen LogP contribution < -0.4 is 4.74 Å². The zero-order valence-electron chi connectivity index (χ0n) is 12.0. The first-order chi connectivity index (χ1) is 8.71. The molecule has 0 spiro atoms. The third-order valence-electron chi connectivity index (χ3n) is 3.65. The van der Waals surface area contributed by atoms with Crippen LogP contribution in [0.25, 0.3) is 0 Å². The summed E-state index contributed by atoms with van der Waals surface area (Å²) in [5.74, 6) is 0.158. The fraction of sp³-hybridized carbons (Fsp3) is 0.533. The summed E-state index contributed by atoms with van der Waals surface area (Å²) in [5.41, 5.74) is 0.0851. The van der Waals surface area contributed by atoms with Crippen molar-refractivity contribution in [2.75, 3.05) is 0 Å². The van der Waals surface area contributed by atoms with Gasteiger partial charge in [-0.2, -0.15) is 0 Å². The molecule has 1 aliphatic rings. The van der Waals surface area contributed by atoms with E-state index in [9.17, 15) is 4.79 Å². The Morgan fingerprint density at radius 2 is 1.74 bits per heavy atom. The Morgan fingerprint density at radius 1 is 1.16 bits per heavy atom. The molecule has 0 aromatic heterocycles. The number of hydrogen-bond donors (Lipinski definition) is 0. The number of rotatable bonds is 2. The second-order valence-corrected chi connectivity index (χ2v) is 5.75. The number of carbonyl (C=O) groups is 1. The van der Waals surface area contributed by atoms with E-state index in [1.807, 2.05) is 39.8 Å². The highest BCUT2D eigenvalue weighted by Crippen LogP contribution is 2.45. The van der Waals surface area contributed by atoms with E-state index in [-0.39, 0.29) is 17.2 Å². The first-order valence-electron chi connectivity index (χ1n) is 6.35. The summed E-state index contributed by atoms with van der Waals surface area (Å²) in [6, 6.07) is 7.22. The van der Waals surface area contributed by atoms with Crippen LogP contribution in [0.15, 0.2) is 24.3 Å². The fourth-order valence-electron chi connectivity index (χ4n) is 1.87. The lowest BCUT2D eigenvalue weighted by Crippen LogP contribution is -2.41. The number of ether oxygens (including phenoxy) is 3. The van der Waals surface area contributed by atoms with Crippen LogP contribution in [0.4, 0.5) is 0 Å². The van der Waals surface area contributed by atoms with Gasteiger partial charge in [0, 0.05) is 12.5 Å². The van der Waals surface area contributed by atoms with E-state index in [1.165, 1.54) is 6.92 Å². The lowest BCUT2D eigenvalue weighted by Gasteiger charge is -2.30. The Kier molecular flexibility index (Phi) is 3.41. The molecule has 4 heteroatoms. The lowest BCUT2D eigenvalue weighted by atomic mass is 9.90. The molecule has 0 bridgehead atoms. The van der Waals surface area contributed by atoms with Crippen LogP contribution in [0, 0.1) is 0 Å². The van der Waals surface area contributed by atoms with Gasteiger partial charge >= 0.3 is 5.97 Å². The average Bonchev–Trinajstić information content (AvgIpc) is 2.47. The molecule has 2 rings (SSSR count). The van der Waals surface area contributed by atoms with Crippen molar-refractivity contribution in [3.63, 3.8) is 0 Å². The topological polar surface area (TPSA) is 44.8 Å². The third-order valence-corrected chi connectivity index (χ3v) is 3.65. The van der Waals surface area contributed by atoms with Crippen molar-refractivity contribution in [2.24, 2.45) is 0 Å². The zero-order chi connectivity index (χ0) is 14.3. The highest BCUT2D eigenvalue weighted by Gasteiger charge is 2.49. The van der Waals surface area contributed by atoms with Gasteiger partial charge in [0.05, 0.1) is 11.2 Å². The summed E-state index contributed by atoms with van der Waals surface area (Å²) >= 11 is 0. The van der Waals surface area contributed by atoms with Gasteiger partial charge in [-0.1, -0.05) is 12.1 Å². The minimum Gasteiger partial charge on any atom is -0.427 e. The predicted octanol–water partition coefficient (Wildman–Crippen LogP) is 3.21. The molecule has 1 saturated heterocycles. The molecule has 0 radical (unpaired) electrons. The molecule has 104 valence electrons. The van der Waals surface area contributed by atoms with Gasteiger partial charge in [0.25, 0.3) is 0 Å². The van der Waals surface area contributed by atoms with Crippen LogP contribution >= 0.6 is 0 Å². The first-order valence-corrected chi connectivity index (χ1v) is 6.35. The van der Waals surface area contributed by atoms with E-state index in [4.69, 9.17) is 14.2 Å². The maximum absolute atomic E-state index is 11.0. The van der Waals surface area contributed by atoms with Gasteiger partial charge in [-0.15, -0.1) is 0 Å². The van der Waals surface area contributed by atoms with Crippen molar-refractivity contribution in [1.82, 2.24) is 0 Å². The first kappa shape index (κ1) is 14.0. The minimum atomic E-state index is -0.444. The van der Waals surface area contributed by atoms with E-state index < -0.39 is 6.29 Å². The Morgan fingerprint density at radius 3 is 2.26 bits per heavy atom. The molecule has 0 aliphatic carbocycles. The molecule has 4 nitrogen and oxygen atoms in total. The Labute approximate surface area is 113 Å². The van der Waals surface area contributed by atoms with E-state index in [2.05, 4.69) is 0 Å². The molecule has 1 heterocycles. The van der Waals surface area contributed by atoms with Gasteiger partial charge in [-0.05, 0) is 39.8 Å². The summed E-state index contributed by atoms with van der Waals surface area (Å²) in [5, 5.41) is 0. The SMILES string of the molecule is CC(=O)Oc1cccc(C2OC(C)(C)C(C)(C)O2)c1. The molecule has 1 fully saturated rings. The normalized spacial score (nSPS) is 21.3. The van der Waals surface area contributed by atoms with E-state index in [1.54, 1.807) is 12.1 Å². The van der Waals surface area contributed by atoms with Crippen molar-refractivity contribution in [2.45, 2.75) is 52.1 Å². The largest absolute Gasteiger partial charge is 0.427 e. The standard InChI is InChI=1S/C15H20O4/c1-10(16)17-12-8-6-7-11(9-12)13-18-14(2,3)15(4,5)19-13/h6-9,13H,1-5H3. The number of benzene rings is 1. The van der Waals surface area contributed by atoms with Crippen molar-refractivity contribution in [1.29, 1.82) is 0 Å². The van der Waals surface area contributed by atoms with E-state index >= 15 is 0 Å². The third kappa shape index (κ3) is 2.80. The molecule has 0 amide bonds. The van der Waals surface area contributed by atoms with Crippen LogP contribution in [0.1, 0.15) is 46.5 Å². The molecule has 0 unspecified atom stereocenters. The molecular formula is C15H20O4. The predicted molar refractivity (Wildman–Crippen MR) is 70.8 cm³/mol. The number of esters is 1. The molecule has 19 heavy (non-hydrogen) atoms. The van der Waals surface area contributed by atoms with Crippen LogP contribution in [-0.2, 0) is 14.3 Å². The Balaban J connectivity index is 2.22. The Hall–Kier alpha value is -1.39. The van der Waals surface area contributed by atoms with Crippen LogP contribution in [0.5, 0.6) is 5.75 Å². The second kappa shape index (κ2) is 4.62. The van der Waals surface area contributed by atoms with Gasteiger partial charge < -0.3 is 14.2 Å². The van der Waals surface area contributed by atoms with Gasteiger partial charge in [0.2, 0.25) is 0 Å². The van der Waals surface area contributed by atoms with E-state index in [0.717, 1.165) is 5.56 Å². The smallest absolute Gasteiger partial charge is 0.308 e. The highest BCUT2D eigenvalue weighted by molar-refractivity contribution is 5.69. The Bertz CT molecular complexity index is 475. The van der Waals surface area contributed by atoms with Crippen molar-refractivity contribution < 1.29 is 19.0 Å². The van der Waals surface area contributed by atoms with Gasteiger partial charge in [0.1, 0.15) is 5.75 Å². The summed E-state index contributed by atoms with van der Waals surface area (Å²) in [6.07, 6.45) is -0.444. The van der Waals surface area contributed by atoms with Crippen molar-refractivity contribution >= 4 is 5.97 Å². The summed E-state index contributed by atoms with van der Waals surface area (Å²) < 4.78 is 17.0. The molecular weight excluding hydrogens is 244 g/mol. The zero-order valence-corrected chi connectivity index (χ0v) is 12.0. The van der Waals surface area contributed by atoms with Crippen LogP contribution in [0.3, 0.4) is 0 Å². The molecule has 0 atom stereocenters. The monoisotopic (exact) mass is 264 g/mol. The average molecular weight is 264 g/mol. The number of hydrogen-bond acceptors (Lipinski definition) is 4. The fourth-order valence-corrected chi connectivity index (χ4v) is 1.87. The highest BCUT2D eigenvalue weighted by atomic mass is 16.7. The maximum Gasteiger partial charge on any atom is 0.308 e. The maximum atomic E-state index is 11.0. The van der Waals surface area contributed by atoms with Gasteiger partial charge in [0.15, 0.2) is 6.29 Å². The van der Waals surface area contributed by atoms with Crippen molar-refractivity contribution in [3.8, 4) is 5.75 Å². The molecule has 1 aromatic carbocycles. The van der Waals surface area contributed by atoms with Crippen LogP contribution in [-0.4, -0.2) is 17.2 Å². The summed E-state index contributed by atoms with van der Waals surface area (Å²) in [7, 11) is 0. The molecule has 1 aromatic rings. The van der Waals surface area contributed by atoms with E-state index in [0.29, 0.717) is 5.75 Å². The quantitative estimate of drug-likeness (QED) is 0.607. The molecule has 0 saturated carbocycles. The summed E-state index contributed by atoms with van der Waals surface area (Å²) in [4.78, 5) is 11.0. The molecule has 1 aliphatic heterocycles. The number of carbonyl (C=O) groups excluding carboxylic acids is 1. The second-order valence-electron chi connectivity index (χ2n) is 5.75. The molecule has 0 N–H and O–H groups in total. The lowest BCUT2D eigenvalue weighted by molar-refractivity contribution is -0.132.